The first-order valence-corrected chi connectivity index (χ1v) is 13.7. The van der Waals surface area contributed by atoms with E-state index in [-0.39, 0.29) is 35.8 Å². The molecule has 1 amide bonds. The molecule has 4 aromatic rings. The molecule has 1 saturated heterocycles. The molecule has 0 spiro atoms. The quantitative estimate of drug-likeness (QED) is 0.144. The van der Waals surface area contributed by atoms with Crippen molar-refractivity contribution in [3.8, 4) is 11.6 Å². The highest BCUT2D eigenvalue weighted by atomic mass is 35.5. The highest BCUT2D eigenvalue weighted by Crippen LogP contribution is 2.42. The van der Waals surface area contributed by atoms with E-state index < -0.39 is 25.9 Å². The Morgan fingerprint density at radius 2 is 1.97 bits per heavy atom. The summed E-state index contributed by atoms with van der Waals surface area (Å²) >= 11 is 6.92. The second-order valence-corrected chi connectivity index (χ2v) is 11.6. The summed E-state index contributed by atoms with van der Waals surface area (Å²) in [5.41, 5.74) is 1.48. The number of halogens is 1. The minimum Gasteiger partial charge on any atom is -0.454 e. The van der Waals surface area contributed by atoms with Crippen LogP contribution in [0.5, 0.6) is 5.88 Å². The van der Waals surface area contributed by atoms with Gasteiger partial charge in [0.15, 0.2) is 20.5 Å². The molecule has 0 saturated carbocycles. The molecule has 0 bridgehead atoms. The van der Waals surface area contributed by atoms with E-state index in [0.717, 1.165) is 6.26 Å². The van der Waals surface area contributed by atoms with Gasteiger partial charge in [0.1, 0.15) is 11.7 Å². The zero-order chi connectivity index (χ0) is 27.1. The average Bonchev–Trinajstić information content (AvgIpc) is 3.33. The number of ether oxygens (including phenoxy) is 1. The van der Waals surface area contributed by atoms with Crippen molar-refractivity contribution < 1.29 is 22.9 Å². The lowest BCUT2D eigenvalue weighted by Gasteiger charge is -2.41. The predicted molar refractivity (Wildman–Crippen MR) is 137 cm³/mol. The molecular formula is C24H21ClN6O6S. The summed E-state index contributed by atoms with van der Waals surface area (Å²) in [5.74, 6) is 0.182. The molecule has 14 heteroatoms. The highest BCUT2D eigenvalue weighted by Gasteiger charge is 2.42. The number of nitro benzene ring substituents is 1. The number of fused-ring (bicyclic) bond motifs is 1. The average molecular weight is 557 g/mol. The Morgan fingerprint density at radius 1 is 1.21 bits per heavy atom. The number of piperidine rings is 1. The second kappa shape index (κ2) is 9.65. The number of rotatable bonds is 7. The molecule has 2 unspecified atom stereocenters. The minimum atomic E-state index is -3.35. The molecule has 5 rings (SSSR count). The number of aromatic nitrogens is 4. The van der Waals surface area contributed by atoms with Crippen LogP contribution in [0, 0.1) is 10.1 Å². The van der Waals surface area contributed by atoms with Crippen molar-refractivity contribution in [3.63, 3.8) is 0 Å². The molecule has 12 nitrogen and oxygen atoms in total. The lowest BCUT2D eigenvalue weighted by atomic mass is 9.93. The molecule has 0 N–H and O–H groups in total. The van der Waals surface area contributed by atoms with Gasteiger partial charge in [0, 0.05) is 37.8 Å². The first-order valence-electron chi connectivity index (χ1n) is 11.4. The third kappa shape index (κ3) is 4.89. The van der Waals surface area contributed by atoms with Crippen LogP contribution in [-0.2, 0) is 14.6 Å². The number of non-ortho nitro benzene ring substituents is 1. The third-order valence-corrected chi connectivity index (χ3v) is 7.91. The zero-order valence-electron chi connectivity index (χ0n) is 20.0. The van der Waals surface area contributed by atoms with Crippen molar-refractivity contribution in [1.82, 2.24) is 24.6 Å². The molecular weight excluding hydrogens is 536 g/mol. The Hall–Kier alpha value is -4.10. The zero-order valence-corrected chi connectivity index (χ0v) is 21.5. The number of nitrogens with zero attached hydrogens (tertiary/aromatic N) is 6. The molecule has 2 aromatic heterocycles. The largest absolute Gasteiger partial charge is 0.454 e. The number of alkyl halides is 1. The van der Waals surface area contributed by atoms with Gasteiger partial charge in [-0.3, -0.25) is 14.9 Å². The van der Waals surface area contributed by atoms with Gasteiger partial charge in [-0.15, -0.1) is 0 Å². The normalized spacial score (nSPS) is 19.8. The van der Waals surface area contributed by atoms with Gasteiger partial charge in [-0.25, -0.2) is 23.1 Å². The number of benzene rings is 2. The van der Waals surface area contributed by atoms with Crippen molar-refractivity contribution >= 4 is 44.6 Å². The van der Waals surface area contributed by atoms with Crippen LogP contribution in [0.15, 0.2) is 66.0 Å². The second-order valence-electron chi connectivity index (χ2n) is 8.89. The molecule has 1 aliphatic rings. The van der Waals surface area contributed by atoms with Gasteiger partial charge in [-0.05, 0) is 29.8 Å². The van der Waals surface area contributed by atoms with Gasteiger partial charge in [0.25, 0.3) is 5.69 Å². The van der Waals surface area contributed by atoms with Crippen LogP contribution < -0.4 is 4.74 Å². The van der Waals surface area contributed by atoms with E-state index in [0.29, 0.717) is 28.7 Å². The lowest BCUT2D eigenvalue weighted by Crippen LogP contribution is -2.45. The molecule has 1 aliphatic heterocycles. The number of carbonyl (C=O) groups excluding carboxylic acids is 1. The van der Waals surface area contributed by atoms with E-state index in [1.165, 1.54) is 46.4 Å². The number of carbonyl (C=O) groups is 1. The SMILES string of the molecule is CS(=O)(=O)c1ccc(-n2ncc3c(OC4(Cl)CCN(C=O)C(c5cccc([N+](=O)[O-])c5)C4)ncnc32)cc1. The summed E-state index contributed by atoms with van der Waals surface area (Å²) in [6.07, 6.45) is 5.09. The van der Waals surface area contributed by atoms with Crippen molar-refractivity contribution in [2.24, 2.45) is 0 Å². The fraction of sp³-hybridized carbons (Fsp3) is 0.250. The standard InChI is InChI=1S/C24H21ClN6O6S/c1-38(35,36)19-7-5-17(6-8-19)30-22-20(13-28-30)23(27-14-26-22)37-24(25)9-10-29(15-32)21(12-24)16-3-2-4-18(11-16)31(33)34/h2-8,11,13-15,21H,9-10,12H2,1H3. The Morgan fingerprint density at radius 3 is 2.66 bits per heavy atom. The Balaban J connectivity index is 1.45. The number of amides is 1. The monoisotopic (exact) mass is 556 g/mol. The van der Waals surface area contributed by atoms with Crippen LogP contribution in [0.25, 0.3) is 16.7 Å². The molecule has 38 heavy (non-hydrogen) atoms. The Bertz CT molecular complexity index is 1640. The number of nitro groups is 1. The van der Waals surface area contributed by atoms with Crippen LogP contribution in [-0.4, -0.2) is 62.3 Å². The highest BCUT2D eigenvalue weighted by molar-refractivity contribution is 7.90. The van der Waals surface area contributed by atoms with Gasteiger partial charge >= 0.3 is 0 Å². The molecule has 3 heterocycles. The fourth-order valence-electron chi connectivity index (χ4n) is 4.43. The van der Waals surface area contributed by atoms with Gasteiger partial charge in [0.05, 0.1) is 27.7 Å². The summed E-state index contributed by atoms with van der Waals surface area (Å²) in [6, 6.07) is 11.7. The number of sulfone groups is 1. The summed E-state index contributed by atoms with van der Waals surface area (Å²) < 4.78 is 31.3. The van der Waals surface area contributed by atoms with Gasteiger partial charge in [-0.1, -0.05) is 23.7 Å². The molecule has 2 aromatic carbocycles. The molecule has 0 aliphatic carbocycles. The van der Waals surface area contributed by atoms with Crippen LogP contribution in [0.2, 0.25) is 0 Å². The van der Waals surface area contributed by atoms with Gasteiger partial charge in [0.2, 0.25) is 12.3 Å². The summed E-state index contributed by atoms with van der Waals surface area (Å²) in [5, 5.41) is 14.8. The van der Waals surface area contributed by atoms with Crippen molar-refractivity contribution in [1.29, 1.82) is 0 Å². The molecule has 1 fully saturated rings. The third-order valence-electron chi connectivity index (χ3n) is 6.36. The van der Waals surface area contributed by atoms with Crippen molar-refractivity contribution in [3.05, 3.63) is 76.7 Å². The van der Waals surface area contributed by atoms with E-state index in [1.54, 1.807) is 24.3 Å². The fourth-order valence-corrected chi connectivity index (χ4v) is 5.37. The van der Waals surface area contributed by atoms with Crippen molar-refractivity contribution in [2.45, 2.75) is 28.8 Å². The summed E-state index contributed by atoms with van der Waals surface area (Å²) in [7, 11) is -3.35. The molecule has 196 valence electrons. The van der Waals surface area contributed by atoms with Crippen LogP contribution in [0.1, 0.15) is 24.4 Å². The van der Waals surface area contributed by atoms with Gasteiger partial charge < -0.3 is 9.64 Å². The van der Waals surface area contributed by atoms with E-state index >= 15 is 0 Å². The molecule has 2 atom stereocenters. The summed E-state index contributed by atoms with van der Waals surface area (Å²) in [4.78, 5) is 32.8. The van der Waals surface area contributed by atoms with E-state index in [9.17, 15) is 23.3 Å². The van der Waals surface area contributed by atoms with Crippen LogP contribution in [0.3, 0.4) is 0 Å². The van der Waals surface area contributed by atoms with Crippen LogP contribution >= 0.6 is 11.6 Å². The maximum Gasteiger partial charge on any atom is 0.269 e. The number of hydrogen-bond acceptors (Lipinski definition) is 9. The lowest BCUT2D eigenvalue weighted by molar-refractivity contribution is -0.385. The van der Waals surface area contributed by atoms with E-state index in [1.807, 2.05) is 0 Å². The minimum absolute atomic E-state index is 0.0884. The predicted octanol–water partition coefficient (Wildman–Crippen LogP) is 3.43. The Kier molecular flexibility index (Phi) is 6.49. The van der Waals surface area contributed by atoms with E-state index in [2.05, 4.69) is 15.1 Å². The first-order chi connectivity index (χ1) is 18.1. The Labute approximate surface area is 221 Å². The van der Waals surface area contributed by atoms with E-state index in [4.69, 9.17) is 16.3 Å². The maximum atomic E-state index is 11.8. The maximum absolute atomic E-state index is 11.8. The first kappa shape index (κ1) is 25.5. The number of hydrogen-bond donors (Lipinski definition) is 0. The number of likely N-dealkylation sites (tertiary alicyclic amines) is 1. The topological polar surface area (TPSA) is 150 Å². The smallest absolute Gasteiger partial charge is 0.269 e. The molecule has 0 radical (unpaired) electrons. The van der Waals surface area contributed by atoms with Gasteiger partial charge in [-0.2, -0.15) is 5.10 Å². The van der Waals surface area contributed by atoms with Crippen LogP contribution in [0.4, 0.5) is 5.69 Å². The summed E-state index contributed by atoms with van der Waals surface area (Å²) in [6.45, 7) is 0.264. The van der Waals surface area contributed by atoms with Crippen molar-refractivity contribution in [2.75, 3.05) is 12.8 Å².